The van der Waals surface area contributed by atoms with E-state index in [-0.39, 0.29) is 31.0 Å². The minimum atomic E-state index is -0.283. The molecule has 138 valence electrons. The molecule has 0 radical (unpaired) electrons. The highest BCUT2D eigenvalue weighted by molar-refractivity contribution is 6.30. The maximum atomic E-state index is 13.0. The lowest BCUT2D eigenvalue weighted by Crippen LogP contribution is -2.37. The van der Waals surface area contributed by atoms with Gasteiger partial charge in [0.1, 0.15) is 12.4 Å². The molecule has 2 aromatic rings. The van der Waals surface area contributed by atoms with Crippen molar-refractivity contribution in [1.82, 2.24) is 14.5 Å². The molecule has 1 saturated heterocycles. The van der Waals surface area contributed by atoms with Crippen LogP contribution in [0, 0.1) is 6.92 Å². The van der Waals surface area contributed by atoms with E-state index in [1.165, 1.54) is 4.57 Å². The number of amides is 1. The van der Waals surface area contributed by atoms with Crippen LogP contribution in [0.5, 0.6) is 0 Å². The molecule has 1 N–H and O–H groups in total. The predicted octanol–water partition coefficient (Wildman–Crippen LogP) is 2.03. The van der Waals surface area contributed by atoms with E-state index in [4.69, 9.17) is 11.6 Å². The van der Waals surface area contributed by atoms with Crippen molar-refractivity contribution in [3.05, 3.63) is 50.9 Å². The quantitative estimate of drug-likeness (QED) is 0.867. The van der Waals surface area contributed by atoms with Gasteiger partial charge in [0.05, 0.1) is 0 Å². The van der Waals surface area contributed by atoms with Crippen molar-refractivity contribution in [2.45, 2.75) is 32.7 Å². The number of likely N-dealkylation sites (tertiary alicyclic amines) is 1. The molecule has 0 spiro atoms. The van der Waals surface area contributed by atoms with E-state index in [1.54, 1.807) is 30.0 Å². The average Bonchev–Trinajstić information content (AvgIpc) is 3.15. The van der Waals surface area contributed by atoms with Crippen molar-refractivity contribution < 1.29 is 9.90 Å². The summed E-state index contributed by atoms with van der Waals surface area (Å²) in [5, 5.41) is 9.80. The summed E-state index contributed by atoms with van der Waals surface area (Å²) in [4.78, 5) is 32.0. The average molecular weight is 376 g/mol. The van der Waals surface area contributed by atoms with Crippen molar-refractivity contribution in [3.63, 3.8) is 0 Å². The zero-order valence-electron chi connectivity index (χ0n) is 14.7. The zero-order chi connectivity index (χ0) is 18.7. The van der Waals surface area contributed by atoms with E-state index >= 15 is 0 Å². The molecule has 1 amide bonds. The van der Waals surface area contributed by atoms with Crippen molar-refractivity contribution in [2.75, 3.05) is 19.7 Å². The largest absolute Gasteiger partial charge is 0.396 e. The van der Waals surface area contributed by atoms with E-state index in [0.29, 0.717) is 27.7 Å². The minimum absolute atomic E-state index is 0.0631. The zero-order valence-corrected chi connectivity index (χ0v) is 15.5. The summed E-state index contributed by atoms with van der Waals surface area (Å²) in [6.07, 6.45) is 2.19. The normalized spacial score (nSPS) is 14.0. The molecular weight excluding hydrogens is 354 g/mol. The first kappa shape index (κ1) is 18.6. The number of rotatable bonds is 5. The molecule has 2 heterocycles. The first-order valence-corrected chi connectivity index (χ1v) is 9.14. The fourth-order valence-electron chi connectivity index (χ4n) is 3.30. The molecule has 0 unspecified atom stereocenters. The third-order valence-electron chi connectivity index (χ3n) is 4.67. The summed E-state index contributed by atoms with van der Waals surface area (Å²) in [7, 11) is 0. The van der Waals surface area contributed by atoms with Gasteiger partial charge in [-0.05, 0) is 31.9 Å². The summed E-state index contributed by atoms with van der Waals surface area (Å²) in [6.45, 7) is 2.99. The van der Waals surface area contributed by atoms with Gasteiger partial charge >= 0.3 is 0 Å². The second-order valence-electron chi connectivity index (χ2n) is 6.46. The number of hydrogen-bond acceptors (Lipinski definition) is 4. The number of carbonyl (C=O) groups is 1. The summed E-state index contributed by atoms with van der Waals surface area (Å²) < 4.78 is 1.41. The van der Waals surface area contributed by atoms with Crippen LogP contribution in [0.15, 0.2) is 29.1 Å². The van der Waals surface area contributed by atoms with Crippen molar-refractivity contribution in [3.8, 4) is 11.4 Å². The maximum absolute atomic E-state index is 13.0. The molecular formula is C19H22ClN3O3. The van der Waals surface area contributed by atoms with Gasteiger partial charge in [-0.25, -0.2) is 4.98 Å². The van der Waals surface area contributed by atoms with Gasteiger partial charge in [-0.1, -0.05) is 23.7 Å². The summed E-state index contributed by atoms with van der Waals surface area (Å²) in [5.41, 5.74) is 1.40. The standard InChI is InChI=1S/C19H22ClN3O3/c1-13-16(7-10-24)19(26)23(12-17(25)22-8-2-3-9-22)18(21-13)14-5-4-6-15(20)11-14/h4-6,11,24H,2-3,7-10,12H2,1H3. The number of hydrogen-bond donors (Lipinski definition) is 1. The molecule has 1 aliphatic rings. The second-order valence-corrected chi connectivity index (χ2v) is 6.90. The number of aryl methyl sites for hydroxylation is 1. The van der Waals surface area contributed by atoms with Gasteiger partial charge in [-0.2, -0.15) is 0 Å². The van der Waals surface area contributed by atoms with Crippen molar-refractivity contribution in [2.24, 2.45) is 0 Å². The van der Waals surface area contributed by atoms with Gasteiger partial charge in [-0.15, -0.1) is 0 Å². The lowest BCUT2D eigenvalue weighted by atomic mass is 10.1. The fourth-order valence-corrected chi connectivity index (χ4v) is 3.49. The first-order valence-electron chi connectivity index (χ1n) is 8.76. The Hall–Kier alpha value is -2.18. The van der Waals surface area contributed by atoms with Crippen LogP contribution in [-0.2, 0) is 17.8 Å². The smallest absolute Gasteiger partial charge is 0.257 e. The SMILES string of the molecule is Cc1nc(-c2cccc(Cl)c2)n(CC(=O)N2CCCC2)c(=O)c1CCO. The molecule has 0 atom stereocenters. The molecule has 1 aliphatic heterocycles. The number of benzene rings is 1. The summed E-state index contributed by atoms with van der Waals surface area (Å²) in [5.74, 6) is 0.331. The maximum Gasteiger partial charge on any atom is 0.257 e. The van der Waals surface area contributed by atoms with E-state index in [9.17, 15) is 14.7 Å². The van der Waals surface area contributed by atoms with Gasteiger partial charge in [0, 0.05) is 48.0 Å². The van der Waals surface area contributed by atoms with E-state index < -0.39 is 0 Å². The van der Waals surface area contributed by atoms with Crippen LogP contribution in [0.3, 0.4) is 0 Å². The molecule has 0 bridgehead atoms. The molecule has 0 aliphatic carbocycles. The van der Waals surface area contributed by atoms with E-state index in [2.05, 4.69) is 4.98 Å². The number of aliphatic hydroxyl groups is 1. The number of aliphatic hydroxyl groups excluding tert-OH is 1. The van der Waals surface area contributed by atoms with E-state index in [0.717, 1.165) is 25.9 Å². The first-order chi connectivity index (χ1) is 12.5. The number of aromatic nitrogens is 2. The van der Waals surface area contributed by atoms with Crippen LogP contribution in [-0.4, -0.2) is 45.2 Å². The topological polar surface area (TPSA) is 75.4 Å². The highest BCUT2D eigenvalue weighted by atomic mass is 35.5. The summed E-state index contributed by atoms with van der Waals surface area (Å²) >= 11 is 6.09. The lowest BCUT2D eigenvalue weighted by Gasteiger charge is -2.19. The number of nitrogens with zero attached hydrogens (tertiary/aromatic N) is 3. The van der Waals surface area contributed by atoms with Crippen LogP contribution in [0.25, 0.3) is 11.4 Å². The third-order valence-corrected chi connectivity index (χ3v) is 4.90. The van der Waals surface area contributed by atoms with Gasteiger partial charge in [0.15, 0.2) is 0 Å². The van der Waals surface area contributed by atoms with Crippen molar-refractivity contribution in [1.29, 1.82) is 0 Å². The van der Waals surface area contributed by atoms with Crippen LogP contribution in [0.2, 0.25) is 5.02 Å². The molecule has 7 heteroatoms. The molecule has 1 aromatic carbocycles. The van der Waals surface area contributed by atoms with Gasteiger partial charge in [0.2, 0.25) is 5.91 Å². The third kappa shape index (κ3) is 3.81. The Morgan fingerprint density at radius 3 is 2.69 bits per heavy atom. The van der Waals surface area contributed by atoms with Gasteiger partial charge in [0.25, 0.3) is 5.56 Å². The number of halogens is 1. The Balaban J connectivity index is 2.10. The molecule has 1 aromatic heterocycles. The minimum Gasteiger partial charge on any atom is -0.396 e. The summed E-state index contributed by atoms with van der Waals surface area (Å²) in [6, 6.07) is 7.07. The molecule has 26 heavy (non-hydrogen) atoms. The van der Waals surface area contributed by atoms with Crippen LogP contribution in [0.1, 0.15) is 24.1 Å². The number of carbonyl (C=O) groups excluding carboxylic acids is 1. The van der Waals surface area contributed by atoms with Crippen molar-refractivity contribution >= 4 is 17.5 Å². The van der Waals surface area contributed by atoms with E-state index in [1.807, 2.05) is 6.07 Å². The highest BCUT2D eigenvalue weighted by Gasteiger charge is 2.22. The molecule has 1 fully saturated rings. The molecule has 0 saturated carbocycles. The Morgan fingerprint density at radius 2 is 2.04 bits per heavy atom. The highest BCUT2D eigenvalue weighted by Crippen LogP contribution is 2.22. The van der Waals surface area contributed by atoms with Gasteiger partial charge < -0.3 is 10.0 Å². The molecule has 3 rings (SSSR count). The Kier molecular flexibility index (Phi) is 5.74. The second kappa shape index (κ2) is 8.01. The van der Waals surface area contributed by atoms with Crippen LogP contribution < -0.4 is 5.56 Å². The Labute approximate surface area is 157 Å². The van der Waals surface area contributed by atoms with Crippen LogP contribution >= 0.6 is 11.6 Å². The van der Waals surface area contributed by atoms with Crippen LogP contribution in [0.4, 0.5) is 0 Å². The Bertz CT molecular complexity index is 873. The van der Waals surface area contributed by atoms with Gasteiger partial charge in [-0.3, -0.25) is 14.2 Å². The fraction of sp³-hybridized carbons (Fsp3) is 0.421. The molecule has 6 nitrogen and oxygen atoms in total. The monoisotopic (exact) mass is 375 g/mol. The Morgan fingerprint density at radius 1 is 1.31 bits per heavy atom. The predicted molar refractivity (Wildman–Crippen MR) is 100 cm³/mol. The lowest BCUT2D eigenvalue weighted by molar-refractivity contribution is -0.130.